The zero-order chi connectivity index (χ0) is 19.7. The molecule has 0 fully saturated rings. The van der Waals surface area contributed by atoms with Gasteiger partial charge in [-0.2, -0.15) is 10.1 Å². The highest BCUT2D eigenvalue weighted by molar-refractivity contribution is 6.32. The molecular weight excluding hydrogens is 356 g/mol. The van der Waals surface area contributed by atoms with Crippen LogP contribution in [-0.4, -0.2) is 22.7 Å². The molecule has 3 aromatic rings. The Morgan fingerprint density at radius 3 is 2.50 bits per heavy atom. The molecule has 1 aliphatic rings. The largest absolute Gasteiger partial charge is 0.478 e. The fraction of sp³-hybridized carbons (Fsp3) is 0.0455. The van der Waals surface area contributed by atoms with Crippen LogP contribution in [-0.2, 0) is 4.79 Å². The Hall–Kier alpha value is -3.93. The number of carbonyl (C=O) groups excluding carboxylic acids is 1. The van der Waals surface area contributed by atoms with Crippen molar-refractivity contribution in [2.45, 2.75) is 6.92 Å². The summed E-state index contributed by atoms with van der Waals surface area (Å²) in [6.45, 7) is 1.76. The van der Waals surface area contributed by atoms with Gasteiger partial charge in [0.25, 0.3) is 5.91 Å². The van der Waals surface area contributed by atoms with Crippen LogP contribution in [0.5, 0.6) is 0 Å². The molecule has 138 valence electrons. The molecule has 6 heteroatoms. The van der Waals surface area contributed by atoms with Crippen molar-refractivity contribution in [3.8, 4) is 11.3 Å². The van der Waals surface area contributed by atoms with Crippen LogP contribution in [0.3, 0.4) is 0 Å². The molecule has 2 aromatic carbocycles. The van der Waals surface area contributed by atoms with E-state index in [1.54, 1.807) is 43.3 Å². The van der Waals surface area contributed by atoms with Crippen LogP contribution in [0.4, 0.5) is 5.69 Å². The second kappa shape index (κ2) is 7.00. The number of aromatic carboxylic acids is 1. The van der Waals surface area contributed by atoms with Gasteiger partial charge in [-0.15, -0.1) is 0 Å². The van der Waals surface area contributed by atoms with Gasteiger partial charge < -0.3 is 9.52 Å². The summed E-state index contributed by atoms with van der Waals surface area (Å²) < 4.78 is 5.79. The summed E-state index contributed by atoms with van der Waals surface area (Å²) in [4.78, 5) is 24.2. The number of carboxylic acid groups (broad SMARTS) is 1. The number of nitrogens with zero attached hydrogens (tertiary/aromatic N) is 2. The number of carboxylic acids is 1. The maximum atomic E-state index is 12.8. The highest BCUT2D eigenvalue weighted by atomic mass is 16.4. The number of hydrazone groups is 1. The monoisotopic (exact) mass is 372 g/mol. The Morgan fingerprint density at radius 2 is 1.75 bits per heavy atom. The minimum atomic E-state index is -1.03. The fourth-order valence-corrected chi connectivity index (χ4v) is 3.03. The van der Waals surface area contributed by atoms with Crippen LogP contribution >= 0.6 is 0 Å². The van der Waals surface area contributed by atoms with Crippen molar-refractivity contribution in [1.29, 1.82) is 0 Å². The molecule has 1 aliphatic heterocycles. The van der Waals surface area contributed by atoms with Crippen LogP contribution in [0.25, 0.3) is 17.4 Å². The zero-order valence-corrected chi connectivity index (χ0v) is 15.0. The van der Waals surface area contributed by atoms with Gasteiger partial charge in [0.1, 0.15) is 11.5 Å². The first-order valence-corrected chi connectivity index (χ1v) is 8.64. The molecule has 0 bridgehead atoms. The van der Waals surface area contributed by atoms with Crippen molar-refractivity contribution in [2.75, 3.05) is 5.01 Å². The number of benzene rings is 2. The average Bonchev–Trinajstić information content (AvgIpc) is 3.29. The number of anilines is 1. The molecule has 28 heavy (non-hydrogen) atoms. The second-order valence-electron chi connectivity index (χ2n) is 6.25. The molecule has 0 saturated carbocycles. The summed E-state index contributed by atoms with van der Waals surface area (Å²) in [5.41, 5.74) is 2.33. The summed E-state index contributed by atoms with van der Waals surface area (Å²) in [7, 11) is 0. The average molecular weight is 372 g/mol. The molecule has 0 aliphatic carbocycles. The minimum Gasteiger partial charge on any atom is -0.478 e. The van der Waals surface area contributed by atoms with Crippen LogP contribution in [0.1, 0.15) is 23.0 Å². The van der Waals surface area contributed by atoms with Gasteiger partial charge >= 0.3 is 5.97 Å². The molecule has 1 N–H and O–H groups in total. The number of hydrogen-bond donors (Lipinski definition) is 1. The molecule has 1 aromatic heterocycles. The van der Waals surface area contributed by atoms with Crippen LogP contribution in [0.2, 0.25) is 0 Å². The summed E-state index contributed by atoms with van der Waals surface area (Å²) in [5.74, 6) is -0.403. The molecule has 1 amide bonds. The predicted molar refractivity (Wildman–Crippen MR) is 106 cm³/mol. The first-order valence-electron chi connectivity index (χ1n) is 8.64. The molecule has 0 atom stereocenters. The summed E-state index contributed by atoms with van der Waals surface area (Å²) >= 11 is 0. The van der Waals surface area contributed by atoms with E-state index in [0.717, 1.165) is 0 Å². The zero-order valence-electron chi connectivity index (χ0n) is 15.0. The van der Waals surface area contributed by atoms with E-state index in [1.165, 1.54) is 11.1 Å². The molecule has 0 spiro atoms. The normalized spacial score (nSPS) is 15.2. The quantitative estimate of drug-likeness (QED) is 0.686. The first-order chi connectivity index (χ1) is 13.5. The third-order valence-electron chi connectivity index (χ3n) is 4.40. The van der Waals surface area contributed by atoms with E-state index in [4.69, 9.17) is 4.42 Å². The first kappa shape index (κ1) is 17.5. The van der Waals surface area contributed by atoms with Gasteiger partial charge in [-0.25, -0.2) is 4.79 Å². The lowest BCUT2D eigenvalue weighted by molar-refractivity contribution is -0.114. The Kier molecular flexibility index (Phi) is 4.37. The number of hydrogen-bond acceptors (Lipinski definition) is 4. The summed E-state index contributed by atoms with van der Waals surface area (Å²) in [6, 6.07) is 19.2. The third kappa shape index (κ3) is 3.12. The standard InChI is InChI=1S/C22H16N2O4/c1-14-19(21(25)24(23-14)15-7-3-2-4-8-15)13-16-11-12-20(28-16)17-9-5-6-10-18(17)22(26)27/h2-13H,1H3,(H,26,27)/b19-13+. The molecular formula is C22H16N2O4. The van der Waals surface area contributed by atoms with Crippen molar-refractivity contribution in [1.82, 2.24) is 0 Å². The van der Waals surface area contributed by atoms with E-state index in [9.17, 15) is 14.7 Å². The maximum Gasteiger partial charge on any atom is 0.336 e. The highest BCUT2D eigenvalue weighted by Gasteiger charge is 2.29. The van der Waals surface area contributed by atoms with Crippen molar-refractivity contribution < 1.29 is 19.1 Å². The molecule has 2 heterocycles. The molecule has 0 saturated heterocycles. The summed E-state index contributed by atoms with van der Waals surface area (Å²) in [5, 5.41) is 15.0. The van der Waals surface area contributed by atoms with Gasteiger partial charge in [0.05, 0.1) is 22.5 Å². The van der Waals surface area contributed by atoms with Gasteiger partial charge in [-0.05, 0) is 43.3 Å². The topological polar surface area (TPSA) is 83.1 Å². The number of amides is 1. The van der Waals surface area contributed by atoms with E-state index in [2.05, 4.69) is 5.10 Å². The van der Waals surface area contributed by atoms with Gasteiger partial charge in [0, 0.05) is 5.56 Å². The Morgan fingerprint density at radius 1 is 1.04 bits per heavy atom. The SMILES string of the molecule is CC1=NN(c2ccccc2)C(=O)/C1=C/c1ccc(-c2ccccc2C(=O)O)o1. The van der Waals surface area contributed by atoms with Crippen molar-refractivity contribution >= 4 is 29.4 Å². The van der Waals surface area contributed by atoms with Crippen LogP contribution in [0.15, 0.2) is 81.8 Å². The van der Waals surface area contributed by atoms with Gasteiger partial charge in [0.15, 0.2) is 0 Å². The van der Waals surface area contributed by atoms with Crippen LogP contribution < -0.4 is 5.01 Å². The second-order valence-corrected chi connectivity index (χ2v) is 6.25. The van der Waals surface area contributed by atoms with E-state index in [1.807, 2.05) is 30.3 Å². The molecule has 6 nitrogen and oxygen atoms in total. The number of carbonyl (C=O) groups is 2. The number of para-hydroxylation sites is 1. The third-order valence-corrected chi connectivity index (χ3v) is 4.40. The molecule has 0 unspecified atom stereocenters. The van der Waals surface area contributed by atoms with Crippen molar-refractivity contribution in [3.63, 3.8) is 0 Å². The fourth-order valence-electron chi connectivity index (χ4n) is 3.03. The van der Waals surface area contributed by atoms with Gasteiger partial charge in [0.2, 0.25) is 0 Å². The Bertz CT molecular complexity index is 1130. The lowest BCUT2D eigenvalue weighted by Gasteiger charge is -2.10. The minimum absolute atomic E-state index is 0.154. The van der Waals surface area contributed by atoms with Crippen LogP contribution in [0, 0.1) is 0 Å². The number of rotatable bonds is 4. The van der Waals surface area contributed by atoms with E-state index < -0.39 is 5.97 Å². The lowest BCUT2D eigenvalue weighted by atomic mass is 10.1. The molecule has 4 rings (SSSR count). The van der Waals surface area contributed by atoms with E-state index in [-0.39, 0.29) is 11.5 Å². The van der Waals surface area contributed by atoms with Crippen molar-refractivity contribution in [2.24, 2.45) is 5.10 Å². The smallest absolute Gasteiger partial charge is 0.336 e. The highest BCUT2D eigenvalue weighted by Crippen LogP contribution is 2.29. The summed E-state index contributed by atoms with van der Waals surface area (Å²) in [6.07, 6.45) is 1.62. The van der Waals surface area contributed by atoms with E-state index in [0.29, 0.717) is 34.1 Å². The van der Waals surface area contributed by atoms with E-state index >= 15 is 0 Å². The lowest BCUT2D eigenvalue weighted by Crippen LogP contribution is -2.21. The molecule has 0 radical (unpaired) electrons. The van der Waals surface area contributed by atoms with Gasteiger partial charge in [-0.1, -0.05) is 36.4 Å². The predicted octanol–water partition coefficient (Wildman–Crippen LogP) is 4.45. The number of furan rings is 1. The van der Waals surface area contributed by atoms with Crippen molar-refractivity contribution in [3.05, 3.63) is 83.6 Å². The van der Waals surface area contributed by atoms with Gasteiger partial charge in [-0.3, -0.25) is 4.79 Å². The Balaban J connectivity index is 1.66. The Labute approximate surface area is 161 Å². The maximum absolute atomic E-state index is 12.8.